The second-order valence-corrected chi connectivity index (χ2v) is 7.56. The smallest absolute Gasteiger partial charge is 0.0631 e. The Morgan fingerprint density at radius 1 is 1.30 bits per heavy atom. The van der Waals surface area contributed by atoms with Crippen LogP contribution in [-0.4, -0.2) is 0 Å². The zero-order chi connectivity index (χ0) is 14.7. The molecular formula is C16H18NPS2. The molecule has 0 aliphatic heterocycles. The molecule has 2 aromatic rings. The Bertz CT molecular complexity index is 667. The van der Waals surface area contributed by atoms with Gasteiger partial charge in [0.15, 0.2) is 0 Å². The minimum absolute atomic E-state index is 0.618. The van der Waals surface area contributed by atoms with Crippen molar-refractivity contribution in [2.75, 3.05) is 0 Å². The fraction of sp³-hybridized carbons (Fsp3) is 0.125. The highest BCUT2D eigenvalue weighted by Gasteiger charge is 2.10. The summed E-state index contributed by atoms with van der Waals surface area (Å²) < 4.78 is 0. The van der Waals surface area contributed by atoms with E-state index < -0.39 is 0 Å². The molecular weight excluding hydrogens is 301 g/mol. The SMILES string of the molecule is C=C(N)S/C(=C(\C)P)c1cc(-c2cccc(C)c2)cs1. The molecule has 0 amide bonds. The average molecular weight is 319 g/mol. The zero-order valence-corrected chi connectivity index (χ0v) is 14.4. The molecule has 0 fully saturated rings. The third-order valence-electron chi connectivity index (χ3n) is 2.77. The number of thiophene rings is 1. The van der Waals surface area contributed by atoms with Crippen LogP contribution in [0.3, 0.4) is 0 Å². The molecule has 0 saturated carbocycles. The molecule has 0 bridgehead atoms. The Morgan fingerprint density at radius 2 is 2.05 bits per heavy atom. The monoisotopic (exact) mass is 319 g/mol. The van der Waals surface area contributed by atoms with Gasteiger partial charge in [-0.15, -0.1) is 20.6 Å². The minimum atomic E-state index is 0.618. The molecule has 20 heavy (non-hydrogen) atoms. The molecule has 1 aromatic heterocycles. The van der Waals surface area contributed by atoms with E-state index in [1.807, 2.05) is 0 Å². The van der Waals surface area contributed by atoms with Crippen molar-refractivity contribution in [2.45, 2.75) is 13.8 Å². The van der Waals surface area contributed by atoms with E-state index in [4.69, 9.17) is 5.73 Å². The standard InChI is InChI=1S/C16H18NPS2/c1-10-5-4-6-13(7-10)14-8-15(19-9-14)16(11(2)18)20-12(3)17/h4-9H,3,17-18H2,1-2H3/b16-11+. The van der Waals surface area contributed by atoms with Crippen molar-refractivity contribution in [1.29, 1.82) is 0 Å². The molecule has 0 aliphatic rings. The molecule has 0 aliphatic carbocycles. The van der Waals surface area contributed by atoms with Crippen LogP contribution in [0.2, 0.25) is 0 Å². The summed E-state index contributed by atoms with van der Waals surface area (Å²) in [7, 11) is 2.75. The Labute approximate surface area is 131 Å². The fourth-order valence-corrected chi connectivity index (χ4v) is 4.10. The first-order valence-electron chi connectivity index (χ1n) is 6.22. The first kappa shape index (κ1) is 15.4. The Balaban J connectivity index is 2.37. The number of benzene rings is 1. The first-order valence-corrected chi connectivity index (χ1v) is 8.49. The van der Waals surface area contributed by atoms with Crippen molar-refractivity contribution < 1.29 is 0 Å². The van der Waals surface area contributed by atoms with Gasteiger partial charge in [-0.1, -0.05) is 48.2 Å². The van der Waals surface area contributed by atoms with Crippen LogP contribution in [0.1, 0.15) is 17.4 Å². The van der Waals surface area contributed by atoms with Gasteiger partial charge in [0, 0.05) is 9.78 Å². The Morgan fingerprint density at radius 3 is 2.65 bits per heavy atom. The van der Waals surface area contributed by atoms with Crippen molar-refractivity contribution in [3.8, 4) is 11.1 Å². The maximum atomic E-state index is 5.74. The fourth-order valence-electron chi connectivity index (χ4n) is 1.89. The van der Waals surface area contributed by atoms with Crippen molar-refractivity contribution >= 4 is 37.2 Å². The van der Waals surface area contributed by atoms with Crippen LogP contribution in [0.15, 0.2) is 52.6 Å². The van der Waals surface area contributed by atoms with Crippen molar-refractivity contribution in [2.24, 2.45) is 5.73 Å². The number of hydrogen-bond donors (Lipinski definition) is 1. The van der Waals surface area contributed by atoms with Crippen LogP contribution < -0.4 is 5.73 Å². The van der Waals surface area contributed by atoms with Gasteiger partial charge in [0.25, 0.3) is 0 Å². The van der Waals surface area contributed by atoms with Crippen LogP contribution >= 0.6 is 32.3 Å². The second kappa shape index (κ2) is 6.62. The molecule has 0 spiro atoms. The second-order valence-electron chi connectivity index (χ2n) is 4.65. The van der Waals surface area contributed by atoms with Crippen LogP contribution in [-0.2, 0) is 0 Å². The molecule has 1 nitrogen and oxygen atoms in total. The van der Waals surface area contributed by atoms with E-state index in [9.17, 15) is 0 Å². The van der Waals surface area contributed by atoms with Gasteiger partial charge in [-0.2, -0.15) is 0 Å². The lowest BCUT2D eigenvalue weighted by molar-refractivity contribution is 1.47. The van der Waals surface area contributed by atoms with Gasteiger partial charge in [-0.3, -0.25) is 0 Å². The highest BCUT2D eigenvalue weighted by Crippen LogP contribution is 2.40. The summed E-state index contributed by atoms with van der Waals surface area (Å²) in [5.74, 6) is 0. The highest BCUT2D eigenvalue weighted by molar-refractivity contribution is 8.12. The van der Waals surface area contributed by atoms with Gasteiger partial charge in [-0.25, -0.2) is 0 Å². The van der Waals surface area contributed by atoms with Gasteiger partial charge in [-0.05, 0) is 41.7 Å². The minimum Gasteiger partial charge on any atom is -0.394 e. The number of nitrogens with two attached hydrogens (primary N) is 1. The third-order valence-corrected chi connectivity index (χ3v) is 5.35. The lowest BCUT2D eigenvalue weighted by Crippen LogP contribution is -1.89. The normalized spacial score (nSPS) is 12.2. The largest absolute Gasteiger partial charge is 0.394 e. The maximum Gasteiger partial charge on any atom is 0.0631 e. The van der Waals surface area contributed by atoms with Crippen LogP contribution in [0.4, 0.5) is 0 Å². The van der Waals surface area contributed by atoms with E-state index in [-0.39, 0.29) is 0 Å². The quantitative estimate of drug-likeness (QED) is 0.758. The number of allylic oxidation sites excluding steroid dienone is 1. The summed E-state index contributed by atoms with van der Waals surface area (Å²) in [5, 5.41) is 3.99. The lowest BCUT2D eigenvalue weighted by atomic mass is 10.1. The molecule has 0 saturated heterocycles. The van der Waals surface area contributed by atoms with E-state index in [1.165, 1.54) is 43.5 Å². The van der Waals surface area contributed by atoms with Crippen LogP contribution in [0.25, 0.3) is 16.0 Å². The topological polar surface area (TPSA) is 26.0 Å². The summed E-state index contributed by atoms with van der Waals surface area (Å²) in [6.45, 7) is 7.97. The molecule has 2 rings (SSSR count). The highest BCUT2D eigenvalue weighted by atomic mass is 32.2. The third kappa shape index (κ3) is 3.76. The van der Waals surface area contributed by atoms with E-state index >= 15 is 0 Å². The molecule has 104 valence electrons. The summed E-state index contributed by atoms with van der Waals surface area (Å²) in [6.07, 6.45) is 0. The Hall–Kier alpha value is -1.02. The van der Waals surface area contributed by atoms with E-state index in [0.29, 0.717) is 5.03 Å². The lowest BCUT2D eigenvalue weighted by Gasteiger charge is -2.06. The molecule has 1 atom stereocenters. The van der Waals surface area contributed by atoms with Gasteiger partial charge in [0.1, 0.15) is 0 Å². The number of hydrogen-bond acceptors (Lipinski definition) is 3. The zero-order valence-electron chi connectivity index (χ0n) is 11.6. The predicted molar refractivity (Wildman–Crippen MR) is 97.7 cm³/mol. The molecule has 1 aromatic carbocycles. The number of aryl methyl sites for hydroxylation is 1. The van der Waals surface area contributed by atoms with Gasteiger partial charge in [0.05, 0.1) is 5.03 Å². The van der Waals surface area contributed by atoms with Crippen molar-refractivity contribution in [1.82, 2.24) is 0 Å². The Kier molecular flexibility index (Phi) is 5.09. The summed E-state index contributed by atoms with van der Waals surface area (Å²) in [5.41, 5.74) is 9.52. The van der Waals surface area contributed by atoms with Crippen LogP contribution in [0.5, 0.6) is 0 Å². The predicted octanol–water partition coefficient (Wildman–Crippen LogP) is 5.45. The first-order chi connectivity index (χ1) is 9.47. The molecule has 1 heterocycles. The average Bonchev–Trinajstić information content (AvgIpc) is 2.84. The summed E-state index contributed by atoms with van der Waals surface area (Å²) >= 11 is 3.26. The van der Waals surface area contributed by atoms with Crippen molar-refractivity contribution in [3.63, 3.8) is 0 Å². The maximum absolute atomic E-state index is 5.74. The van der Waals surface area contributed by atoms with Crippen molar-refractivity contribution in [3.05, 3.63) is 63.1 Å². The van der Waals surface area contributed by atoms with E-state index in [1.54, 1.807) is 11.3 Å². The number of rotatable bonds is 4. The number of thioether (sulfide) groups is 1. The molecule has 0 radical (unpaired) electrons. The summed E-state index contributed by atoms with van der Waals surface area (Å²) in [4.78, 5) is 2.40. The van der Waals surface area contributed by atoms with Crippen LogP contribution in [0, 0.1) is 6.92 Å². The van der Waals surface area contributed by atoms with Gasteiger partial charge >= 0.3 is 0 Å². The van der Waals surface area contributed by atoms with Gasteiger partial charge < -0.3 is 5.73 Å². The van der Waals surface area contributed by atoms with E-state index in [0.717, 1.165) is 0 Å². The van der Waals surface area contributed by atoms with E-state index in [2.05, 4.69) is 65.4 Å². The summed E-state index contributed by atoms with van der Waals surface area (Å²) in [6, 6.07) is 10.8. The molecule has 1 unspecified atom stereocenters. The molecule has 4 heteroatoms. The molecule has 2 N–H and O–H groups in total. The van der Waals surface area contributed by atoms with Gasteiger partial charge in [0.2, 0.25) is 0 Å².